The third-order valence-electron chi connectivity index (χ3n) is 1.38. The van der Waals surface area contributed by atoms with E-state index >= 15 is 0 Å². The highest BCUT2D eigenvalue weighted by molar-refractivity contribution is 5.98. The van der Waals surface area contributed by atoms with Crippen molar-refractivity contribution >= 4 is 17.7 Å². The summed E-state index contributed by atoms with van der Waals surface area (Å²) in [6.07, 6.45) is 0.831. The number of anilines is 1. The number of rotatable bonds is 2. The molecule has 0 unspecified atom stereocenters. The summed E-state index contributed by atoms with van der Waals surface area (Å²) < 4.78 is 12.6. The highest BCUT2D eigenvalue weighted by atomic mass is 19.1. The number of carbonyl (C=O) groups excluding carboxylic acids is 1. The lowest BCUT2D eigenvalue weighted by molar-refractivity contribution is -0.114. The zero-order valence-corrected chi connectivity index (χ0v) is 7.24. The summed E-state index contributed by atoms with van der Waals surface area (Å²) >= 11 is 0. The third-order valence-corrected chi connectivity index (χ3v) is 1.38. The first-order chi connectivity index (χ1) is 6.50. The van der Waals surface area contributed by atoms with E-state index in [1.165, 1.54) is 6.92 Å². The highest BCUT2D eigenvalue weighted by Crippen LogP contribution is 2.13. The first kappa shape index (κ1) is 10.1. The molecule has 0 saturated carbocycles. The minimum absolute atomic E-state index is 0.161. The molecule has 2 N–H and O–H groups in total. The first-order valence-corrected chi connectivity index (χ1v) is 3.67. The molecular weight excluding hydrogens is 191 g/mol. The van der Waals surface area contributed by atoms with Gasteiger partial charge in [-0.25, -0.2) is 14.2 Å². The van der Waals surface area contributed by atoms with Gasteiger partial charge in [0.2, 0.25) is 5.91 Å². The lowest BCUT2D eigenvalue weighted by atomic mass is 10.2. The second-order valence-corrected chi connectivity index (χ2v) is 2.54. The number of carboxylic acids is 1. The van der Waals surface area contributed by atoms with E-state index in [1.807, 2.05) is 0 Å². The Bertz CT molecular complexity index is 392. The van der Waals surface area contributed by atoms with Crippen LogP contribution in [0.1, 0.15) is 17.3 Å². The average Bonchev–Trinajstić information content (AvgIpc) is 2.07. The SMILES string of the molecule is CC(=O)Nc1ncc(F)cc1C(=O)O. The molecule has 1 amide bonds. The normalized spacial score (nSPS) is 9.57. The summed E-state index contributed by atoms with van der Waals surface area (Å²) in [5, 5.41) is 10.8. The minimum Gasteiger partial charge on any atom is -0.478 e. The summed E-state index contributed by atoms with van der Waals surface area (Å²) in [5.74, 6) is -2.74. The van der Waals surface area contributed by atoms with Gasteiger partial charge in [-0.05, 0) is 6.07 Å². The van der Waals surface area contributed by atoms with Crippen molar-refractivity contribution in [3.8, 4) is 0 Å². The molecule has 1 rings (SSSR count). The van der Waals surface area contributed by atoms with Crippen LogP contribution in [0.5, 0.6) is 0 Å². The Morgan fingerprint density at radius 1 is 1.57 bits per heavy atom. The monoisotopic (exact) mass is 198 g/mol. The van der Waals surface area contributed by atoms with Gasteiger partial charge in [0, 0.05) is 6.92 Å². The van der Waals surface area contributed by atoms with Gasteiger partial charge < -0.3 is 10.4 Å². The minimum atomic E-state index is -1.35. The topological polar surface area (TPSA) is 79.3 Å². The van der Waals surface area contributed by atoms with Crippen molar-refractivity contribution < 1.29 is 19.1 Å². The second-order valence-electron chi connectivity index (χ2n) is 2.54. The van der Waals surface area contributed by atoms with Gasteiger partial charge in [0.05, 0.1) is 6.20 Å². The Hall–Kier alpha value is -1.98. The summed E-state index contributed by atoms with van der Waals surface area (Å²) in [5.41, 5.74) is -0.375. The maximum Gasteiger partial charge on any atom is 0.339 e. The van der Waals surface area contributed by atoms with E-state index in [0.717, 1.165) is 12.3 Å². The molecule has 74 valence electrons. The second kappa shape index (κ2) is 3.82. The van der Waals surface area contributed by atoms with Crippen molar-refractivity contribution in [3.05, 3.63) is 23.6 Å². The van der Waals surface area contributed by atoms with E-state index in [-0.39, 0.29) is 11.4 Å². The fourth-order valence-electron chi connectivity index (χ4n) is 0.869. The Morgan fingerprint density at radius 2 is 2.21 bits per heavy atom. The lowest BCUT2D eigenvalue weighted by Crippen LogP contribution is -2.12. The molecule has 5 nitrogen and oxygen atoms in total. The largest absolute Gasteiger partial charge is 0.478 e. The van der Waals surface area contributed by atoms with Crippen LogP contribution in [0.15, 0.2) is 12.3 Å². The fraction of sp³-hybridized carbons (Fsp3) is 0.125. The van der Waals surface area contributed by atoms with Gasteiger partial charge in [0.15, 0.2) is 0 Å². The van der Waals surface area contributed by atoms with Crippen LogP contribution in [0.25, 0.3) is 0 Å². The number of amides is 1. The van der Waals surface area contributed by atoms with Crippen LogP contribution in [0.4, 0.5) is 10.2 Å². The predicted octanol–water partition coefficient (Wildman–Crippen LogP) is 0.877. The molecule has 0 fully saturated rings. The molecule has 1 aromatic heterocycles. The van der Waals surface area contributed by atoms with Crippen LogP contribution in [0.2, 0.25) is 0 Å². The first-order valence-electron chi connectivity index (χ1n) is 3.67. The molecule has 0 aliphatic carbocycles. The Morgan fingerprint density at radius 3 is 2.71 bits per heavy atom. The van der Waals surface area contributed by atoms with E-state index < -0.39 is 17.7 Å². The number of nitrogens with one attached hydrogen (secondary N) is 1. The van der Waals surface area contributed by atoms with Gasteiger partial charge in [0.1, 0.15) is 17.2 Å². The standard InChI is InChI=1S/C8H7FN2O3/c1-4(12)11-7-6(8(13)14)2-5(9)3-10-7/h2-3H,1H3,(H,13,14)(H,10,11,12). The summed E-state index contributed by atoms with van der Waals surface area (Å²) in [6.45, 7) is 1.21. The van der Waals surface area contributed by atoms with Crippen LogP contribution in [0.3, 0.4) is 0 Å². The number of carbonyl (C=O) groups is 2. The molecule has 0 saturated heterocycles. The molecule has 1 aromatic rings. The molecular formula is C8H7FN2O3. The molecule has 14 heavy (non-hydrogen) atoms. The lowest BCUT2D eigenvalue weighted by Gasteiger charge is -2.04. The Balaban J connectivity index is 3.14. The molecule has 0 bridgehead atoms. The highest BCUT2D eigenvalue weighted by Gasteiger charge is 2.13. The third kappa shape index (κ3) is 2.25. The van der Waals surface area contributed by atoms with Crippen molar-refractivity contribution in [2.45, 2.75) is 6.92 Å². The molecule has 0 spiro atoms. The maximum absolute atomic E-state index is 12.6. The predicted molar refractivity (Wildman–Crippen MR) is 45.5 cm³/mol. The molecule has 1 heterocycles. The Kier molecular flexibility index (Phi) is 2.76. The van der Waals surface area contributed by atoms with Crippen molar-refractivity contribution in [1.82, 2.24) is 4.98 Å². The number of hydrogen-bond donors (Lipinski definition) is 2. The quantitative estimate of drug-likeness (QED) is 0.739. The molecule has 0 aromatic carbocycles. The van der Waals surface area contributed by atoms with Crippen LogP contribution >= 0.6 is 0 Å². The maximum atomic E-state index is 12.6. The van der Waals surface area contributed by atoms with Gasteiger partial charge >= 0.3 is 5.97 Å². The van der Waals surface area contributed by atoms with E-state index in [2.05, 4.69) is 10.3 Å². The zero-order valence-electron chi connectivity index (χ0n) is 7.24. The zero-order chi connectivity index (χ0) is 10.7. The number of pyridine rings is 1. The van der Waals surface area contributed by atoms with Gasteiger partial charge in [-0.1, -0.05) is 0 Å². The molecule has 0 atom stereocenters. The fourth-order valence-corrected chi connectivity index (χ4v) is 0.869. The smallest absolute Gasteiger partial charge is 0.339 e. The van der Waals surface area contributed by atoms with E-state index in [9.17, 15) is 14.0 Å². The molecule has 0 radical (unpaired) electrons. The van der Waals surface area contributed by atoms with Gasteiger partial charge in [-0.2, -0.15) is 0 Å². The van der Waals surface area contributed by atoms with Crippen LogP contribution in [-0.4, -0.2) is 22.0 Å². The van der Waals surface area contributed by atoms with E-state index in [1.54, 1.807) is 0 Å². The van der Waals surface area contributed by atoms with Crippen molar-refractivity contribution in [1.29, 1.82) is 0 Å². The summed E-state index contributed by atoms with van der Waals surface area (Å²) in [4.78, 5) is 24.7. The van der Waals surface area contributed by atoms with Crippen molar-refractivity contribution in [3.63, 3.8) is 0 Å². The molecule has 6 heteroatoms. The van der Waals surface area contributed by atoms with Gasteiger partial charge in [-0.3, -0.25) is 4.79 Å². The number of carboxylic acid groups (broad SMARTS) is 1. The van der Waals surface area contributed by atoms with Crippen LogP contribution in [-0.2, 0) is 4.79 Å². The number of hydrogen-bond acceptors (Lipinski definition) is 3. The average molecular weight is 198 g/mol. The van der Waals surface area contributed by atoms with Crippen molar-refractivity contribution in [2.24, 2.45) is 0 Å². The number of halogens is 1. The summed E-state index contributed by atoms with van der Waals surface area (Å²) in [6, 6.07) is 0.792. The molecule has 0 aliphatic heterocycles. The van der Waals surface area contributed by atoms with E-state index in [0.29, 0.717) is 0 Å². The van der Waals surface area contributed by atoms with Crippen LogP contribution in [0, 0.1) is 5.82 Å². The van der Waals surface area contributed by atoms with E-state index in [4.69, 9.17) is 5.11 Å². The number of aromatic carboxylic acids is 1. The van der Waals surface area contributed by atoms with Gasteiger partial charge in [0.25, 0.3) is 0 Å². The van der Waals surface area contributed by atoms with Gasteiger partial charge in [-0.15, -0.1) is 0 Å². The summed E-state index contributed by atoms with van der Waals surface area (Å²) in [7, 11) is 0. The van der Waals surface area contributed by atoms with Crippen molar-refractivity contribution in [2.75, 3.05) is 5.32 Å². The number of nitrogens with zero attached hydrogens (tertiary/aromatic N) is 1. The van der Waals surface area contributed by atoms with Crippen LogP contribution < -0.4 is 5.32 Å². The molecule has 0 aliphatic rings. The Labute approximate surface area is 78.6 Å². The number of aromatic nitrogens is 1.